The van der Waals surface area contributed by atoms with Gasteiger partial charge in [0.15, 0.2) is 10.4 Å². The summed E-state index contributed by atoms with van der Waals surface area (Å²) >= 11 is 11.1. The fourth-order valence-corrected chi connectivity index (χ4v) is 3.58. The first-order valence-corrected chi connectivity index (χ1v) is 8.48. The average molecular weight is 335 g/mol. The molecule has 0 spiro atoms. The zero-order valence-electron chi connectivity index (χ0n) is 11.3. The van der Waals surface area contributed by atoms with E-state index < -0.39 is 15.6 Å². The number of nitrogens with one attached hydrogen (secondary N) is 2. The van der Waals surface area contributed by atoms with Gasteiger partial charge in [-0.25, -0.2) is 18.1 Å². The van der Waals surface area contributed by atoms with Crippen LogP contribution in [-0.4, -0.2) is 34.7 Å². The highest BCUT2D eigenvalue weighted by atomic mass is 35.5. The van der Waals surface area contributed by atoms with E-state index >= 15 is 0 Å². The molecule has 0 atom stereocenters. The van der Waals surface area contributed by atoms with E-state index in [0.717, 1.165) is 11.8 Å². The van der Waals surface area contributed by atoms with Gasteiger partial charge in [-0.05, 0) is 32.1 Å². The summed E-state index contributed by atoms with van der Waals surface area (Å²) in [6.45, 7) is 3.92. The van der Waals surface area contributed by atoms with Gasteiger partial charge in [0.25, 0.3) is 0 Å². The number of pyridine rings is 1. The highest BCUT2D eigenvalue weighted by Gasteiger charge is 2.24. The highest BCUT2D eigenvalue weighted by molar-refractivity contribution is 7.88. The summed E-state index contributed by atoms with van der Waals surface area (Å²) in [5.74, 6) is 0. The minimum Gasteiger partial charge on any atom is -0.329 e. The predicted octanol–water partition coefficient (Wildman–Crippen LogP) is 2.08. The molecule has 2 aromatic rings. The number of imidazole rings is 1. The van der Waals surface area contributed by atoms with Crippen molar-refractivity contribution >= 4 is 45.0 Å². The summed E-state index contributed by atoms with van der Waals surface area (Å²) in [5, 5.41) is 0.509. The van der Waals surface area contributed by atoms with Crippen molar-refractivity contribution in [3.05, 3.63) is 22.1 Å². The summed E-state index contributed by atoms with van der Waals surface area (Å²) in [5.41, 5.74) is 0.669. The summed E-state index contributed by atoms with van der Waals surface area (Å²) in [6, 6.07) is 1.73. The molecule has 110 valence electrons. The number of hydrogen-bond donors (Lipinski definition) is 2. The lowest BCUT2D eigenvalue weighted by Gasteiger charge is -2.25. The normalized spacial score (nSPS) is 13.0. The molecule has 2 aromatic heterocycles. The number of hydrogen-bond acceptors (Lipinski definition) is 4. The molecule has 0 radical (unpaired) electrons. The van der Waals surface area contributed by atoms with E-state index in [1.165, 1.54) is 6.20 Å². The van der Waals surface area contributed by atoms with Crippen LogP contribution in [-0.2, 0) is 16.6 Å². The number of aromatic nitrogens is 3. The van der Waals surface area contributed by atoms with Crippen molar-refractivity contribution in [2.45, 2.75) is 25.9 Å². The summed E-state index contributed by atoms with van der Waals surface area (Å²) < 4.78 is 27.6. The van der Waals surface area contributed by atoms with Crippen LogP contribution in [0.25, 0.3) is 11.2 Å². The first-order valence-electron chi connectivity index (χ1n) is 5.80. The summed E-state index contributed by atoms with van der Waals surface area (Å²) in [6.07, 6.45) is 2.65. The Labute approximate surface area is 127 Å². The first kappa shape index (κ1) is 15.4. The van der Waals surface area contributed by atoms with Crippen LogP contribution in [0.2, 0.25) is 5.02 Å². The third kappa shape index (κ3) is 3.57. The van der Waals surface area contributed by atoms with Crippen molar-refractivity contribution in [1.82, 2.24) is 19.3 Å². The van der Waals surface area contributed by atoms with Gasteiger partial charge in [-0.2, -0.15) is 0 Å². The van der Waals surface area contributed by atoms with E-state index in [1.807, 2.05) is 0 Å². The second-order valence-corrected chi connectivity index (χ2v) is 7.87. The van der Waals surface area contributed by atoms with Crippen molar-refractivity contribution < 1.29 is 8.42 Å². The van der Waals surface area contributed by atoms with Crippen molar-refractivity contribution in [1.29, 1.82) is 0 Å². The maximum Gasteiger partial charge on any atom is 0.209 e. The van der Waals surface area contributed by atoms with Crippen LogP contribution in [0.1, 0.15) is 13.8 Å². The first-order chi connectivity index (χ1) is 9.07. The molecule has 0 bridgehead atoms. The van der Waals surface area contributed by atoms with E-state index in [0.29, 0.717) is 22.0 Å². The molecule has 20 heavy (non-hydrogen) atoms. The number of aromatic amines is 1. The fraction of sp³-hybridized carbons (Fsp3) is 0.455. The maximum atomic E-state index is 11.4. The number of fused-ring (bicyclic) bond motifs is 1. The summed E-state index contributed by atoms with van der Waals surface area (Å²) in [7, 11) is -3.31. The van der Waals surface area contributed by atoms with E-state index in [1.54, 1.807) is 24.5 Å². The molecule has 0 saturated heterocycles. The van der Waals surface area contributed by atoms with E-state index in [4.69, 9.17) is 23.8 Å². The Morgan fingerprint density at radius 3 is 2.80 bits per heavy atom. The van der Waals surface area contributed by atoms with Gasteiger partial charge < -0.3 is 4.98 Å². The van der Waals surface area contributed by atoms with Crippen LogP contribution in [0.3, 0.4) is 0 Å². The van der Waals surface area contributed by atoms with Crippen LogP contribution in [0.5, 0.6) is 0 Å². The van der Waals surface area contributed by atoms with Crippen LogP contribution >= 0.6 is 23.8 Å². The van der Waals surface area contributed by atoms with E-state index in [2.05, 4.69) is 14.7 Å². The molecule has 9 heteroatoms. The highest BCUT2D eigenvalue weighted by Crippen LogP contribution is 2.19. The van der Waals surface area contributed by atoms with Gasteiger partial charge in [-0.1, -0.05) is 11.6 Å². The predicted molar refractivity (Wildman–Crippen MR) is 82.0 cm³/mol. The Hall–Kier alpha value is -0.960. The smallest absolute Gasteiger partial charge is 0.209 e. The van der Waals surface area contributed by atoms with Gasteiger partial charge in [-0.3, -0.25) is 4.57 Å². The van der Waals surface area contributed by atoms with Crippen LogP contribution in [0.4, 0.5) is 0 Å². The van der Waals surface area contributed by atoms with Crippen LogP contribution in [0.15, 0.2) is 12.3 Å². The Morgan fingerprint density at radius 2 is 2.20 bits per heavy atom. The van der Waals surface area contributed by atoms with Crippen molar-refractivity contribution in [2.75, 3.05) is 6.26 Å². The lowest BCUT2D eigenvalue weighted by atomic mass is 10.1. The Morgan fingerprint density at radius 1 is 1.55 bits per heavy atom. The topological polar surface area (TPSA) is 79.8 Å². The molecule has 0 amide bonds. The Kier molecular flexibility index (Phi) is 3.94. The third-order valence-corrected chi connectivity index (χ3v) is 4.04. The molecule has 0 aliphatic carbocycles. The van der Waals surface area contributed by atoms with Gasteiger partial charge in [0, 0.05) is 18.3 Å². The van der Waals surface area contributed by atoms with Gasteiger partial charge in [0.2, 0.25) is 10.0 Å². The number of nitrogens with zero attached hydrogens (tertiary/aromatic N) is 2. The number of H-pyrrole nitrogens is 1. The molecule has 0 saturated carbocycles. The Bertz CT molecular complexity index is 807. The Balaban J connectivity index is 2.44. The fourth-order valence-electron chi connectivity index (χ4n) is 2.09. The molecular weight excluding hydrogens is 320 g/mol. The largest absolute Gasteiger partial charge is 0.329 e. The second kappa shape index (κ2) is 5.10. The van der Waals surface area contributed by atoms with E-state index in [-0.39, 0.29) is 0 Å². The van der Waals surface area contributed by atoms with Crippen LogP contribution in [0, 0.1) is 4.77 Å². The molecule has 0 aromatic carbocycles. The lowest BCUT2D eigenvalue weighted by Crippen LogP contribution is -2.46. The summed E-state index contributed by atoms with van der Waals surface area (Å²) in [4.78, 5) is 7.24. The molecule has 6 nitrogen and oxygen atoms in total. The van der Waals surface area contributed by atoms with Gasteiger partial charge in [0.05, 0.1) is 16.8 Å². The molecule has 2 heterocycles. The van der Waals surface area contributed by atoms with Crippen molar-refractivity contribution in [3.8, 4) is 0 Å². The number of rotatable bonds is 4. The molecule has 0 unspecified atom stereocenters. The minimum absolute atomic E-state index is 0.355. The maximum absolute atomic E-state index is 11.4. The van der Waals surface area contributed by atoms with Gasteiger partial charge in [-0.15, -0.1) is 0 Å². The van der Waals surface area contributed by atoms with Gasteiger partial charge >= 0.3 is 0 Å². The van der Waals surface area contributed by atoms with Crippen molar-refractivity contribution in [3.63, 3.8) is 0 Å². The SMILES string of the molecule is CC(C)(Cn1c(=S)[nH]c2cc(Cl)cnc21)NS(C)(=O)=O. The van der Waals surface area contributed by atoms with Crippen LogP contribution < -0.4 is 4.72 Å². The third-order valence-electron chi connectivity index (χ3n) is 2.59. The average Bonchev–Trinajstić information content (AvgIpc) is 2.50. The zero-order chi connectivity index (χ0) is 15.1. The standard InChI is InChI=1S/C11H15ClN4O2S2/c1-11(2,15-20(3,17)18)6-16-9-8(14-10(16)19)4-7(12)5-13-9/h4-5,15H,6H2,1-3H3,(H,14,19). The van der Waals surface area contributed by atoms with E-state index in [9.17, 15) is 8.42 Å². The monoisotopic (exact) mass is 334 g/mol. The molecule has 2 rings (SSSR count). The number of sulfonamides is 1. The van der Waals surface area contributed by atoms with Crippen molar-refractivity contribution in [2.24, 2.45) is 0 Å². The van der Waals surface area contributed by atoms with Gasteiger partial charge in [0.1, 0.15) is 0 Å². The molecule has 0 aliphatic rings. The molecule has 0 aliphatic heterocycles. The molecule has 0 fully saturated rings. The number of halogens is 1. The zero-order valence-corrected chi connectivity index (χ0v) is 13.7. The molecular formula is C11H15ClN4O2S2. The molecule has 2 N–H and O–H groups in total. The lowest BCUT2D eigenvalue weighted by molar-refractivity contribution is 0.393. The quantitative estimate of drug-likeness (QED) is 0.839. The minimum atomic E-state index is -3.31. The second-order valence-electron chi connectivity index (χ2n) is 5.30.